The maximum absolute atomic E-state index is 6.04. The first-order chi connectivity index (χ1) is 7.59. The highest BCUT2D eigenvalue weighted by atomic mass is 35.5. The predicted octanol–water partition coefficient (Wildman–Crippen LogP) is 3.18. The van der Waals surface area contributed by atoms with E-state index in [2.05, 4.69) is 0 Å². The molecule has 0 aliphatic heterocycles. The molecular weight excluding hydrogens is 242 g/mol. The van der Waals surface area contributed by atoms with Crippen molar-refractivity contribution < 1.29 is 4.74 Å². The van der Waals surface area contributed by atoms with Gasteiger partial charge in [0, 0.05) is 16.7 Å². The average Bonchev–Trinajstić information content (AvgIpc) is 2.25. The zero-order valence-electron chi connectivity index (χ0n) is 9.65. The van der Waals surface area contributed by atoms with Crippen LogP contribution in [-0.4, -0.2) is 24.5 Å². The maximum atomic E-state index is 6.04. The Morgan fingerprint density at radius 3 is 2.69 bits per heavy atom. The molecule has 0 radical (unpaired) electrons. The molecule has 0 aromatic heterocycles. The van der Waals surface area contributed by atoms with Gasteiger partial charge in [-0.2, -0.15) is 0 Å². The van der Waals surface area contributed by atoms with E-state index < -0.39 is 0 Å². The largest absolute Gasteiger partial charge is 0.377 e. The normalized spacial score (nSPS) is 13.1. The quantitative estimate of drug-likeness (QED) is 0.797. The molecule has 0 fully saturated rings. The van der Waals surface area contributed by atoms with Crippen molar-refractivity contribution in [3.63, 3.8) is 0 Å². The number of nitrogens with two attached hydrogens (primary N) is 1. The fourth-order valence-electron chi connectivity index (χ4n) is 1.12. The molecule has 0 bridgehead atoms. The molecule has 0 aliphatic carbocycles. The van der Waals surface area contributed by atoms with Gasteiger partial charge in [0.15, 0.2) is 0 Å². The fourth-order valence-corrected chi connectivity index (χ4v) is 2.29. The van der Waals surface area contributed by atoms with E-state index in [0.29, 0.717) is 6.61 Å². The molecule has 0 saturated heterocycles. The predicted molar refractivity (Wildman–Crippen MR) is 71.2 cm³/mol. The summed E-state index contributed by atoms with van der Waals surface area (Å²) in [5.74, 6) is 0.816. The first kappa shape index (κ1) is 13.8. The molecule has 1 atom stereocenters. The number of benzene rings is 1. The van der Waals surface area contributed by atoms with E-state index in [9.17, 15) is 0 Å². The van der Waals surface area contributed by atoms with Crippen molar-refractivity contribution in [2.45, 2.75) is 30.9 Å². The third-order valence-corrected chi connectivity index (χ3v) is 3.64. The Kier molecular flexibility index (Phi) is 6.21. The molecule has 0 saturated carbocycles. The molecule has 0 aliphatic rings. The van der Waals surface area contributed by atoms with Crippen LogP contribution in [0.3, 0.4) is 0 Å². The van der Waals surface area contributed by atoms with Crippen LogP contribution in [0.15, 0.2) is 29.2 Å². The van der Waals surface area contributed by atoms with Gasteiger partial charge < -0.3 is 10.5 Å². The van der Waals surface area contributed by atoms with E-state index in [1.165, 1.54) is 0 Å². The molecular formula is C12H18ClNOS. The summed E-state index contributed by atoms with van der Waals surface area (Å²) < 4.78 is 5.45. The van der Waals surface area contributed by atoms with Gasteiger partial charge in [0.2, 0.25) is 0 Å². The smallest absolute Gasteiger partial charge is 0.0629 e. The molecule has 2 N–H and O–H groups in total. The van der Waals surface area contributed by atoms with E-state index in [1.54, 1.807) is 11.8 Å². The van der Waals surface area contributed by atoms with Crippen molar-refractivity contribution in [1.82, 2.24) is 0 Å². The average molecular weight is 260 g/mol. The summed E-state index contributed by atoms with van der Waals surface area (Å²) in [6.07, 6.45) is 0.233. The van der Waals surface area contributed by atoms with Gasteiger partial charge in [-0.05, 0) is 26.0 Å². The lowest BCUT2D eigenvalue weighted by Gasteiger charge is -2.14. The van der Waals surface area contributed by atoms with Gasteiger partial charge >= 0.3 is 0 Å². The Morgan fingerprint density at radius 2 is 2.06 bits per heavy atom. The second-order valence-electron chi connectivity index (χ2n) is 3.88. The number of halogens is 1. The van der Waals surface area contributed by atoms with Crippen molar-refractivity contribution in [2.75, 3.05) is 12.4 Å². The highest BCUT2D eigenvalue weighted by Crippen LogP contribution is 2.26. The standard InChI is InChI=1S/C12H18ClNOS/c1-9(2)15-7-10(14)8-16-12-6-4-3-5-11(12)13/h3-6,9-10H,7-8,14H2,1-2H3. The SMILES string of the molecule is CC(C)OCC(N)CSc1ccccc1Cl. The fraction of sp³-hybridized carbons (Fsp3) is 0.500. The van der Waals surface area contributed by atoms with Crippen LogP contribution in [0.1, 0.15) is 13.8 Å². The third-order valence-electron chi connectivity index (χ3n) is 1.93. The molecule has 4 heteroatoms. The van der Waals surface area contributed by atoms with E-state index in [-0.39, 0.29) is 12.1 Å². The number of rotatable bonds is 6. The molecule has 1 rings (SSSR count). The number of thioether (sulfide) groups is 1. The second-order valence-corrected chi connectivity index (χ2v) is 5.35. The molecule has 90 valence electrons. The summed E-state index contributed by atoms with van der Waals surface area (Å²) in [5.41, 5.74) is 5.93. The van der Waals surface area contributed by atoms with Crippen LogP contribution in [0, 0.1) is 0 Å². The van der Waals surface area contributed by atoms with Crippen LogP contribution in [0.4, 0.5) is 0 Å². The molecule has 0 amide bonds. The van der Waals surface area contributed by atoms with Crippen LogP contribution in [0.5, 0.6) is 0 Å². The molecule has 0 heterocycles. The van der Waals surface area contributed by atoms with Crippen LogP contribution < -0.4 is 5.73 Å². The summed E-state index contributed by atoms with van der Waals surface area (Å²) in [6, 6.07) is 7.84. The minimum atomic E-state index is 0.0451. The molecule has 16 heavy (non-hydrogen) atoms. The van der Waals surface area contributed by atoms with Gasteiger partial charge in [0.25, 0.3) is 0 Å². The lowest BCUT2D eigenvalue weighted by atomic mass is 10.4. The molecule has 1 aromatic rings. The van der Waals surface area contributed by atoms with Crippen LogP contribution >= 0.6 is 23.4 Å². The van der Waals surface area contributed by atoms with E-state index in [4.69, 9.17) is 22.1 Å². The molecule has 2 nitrogen and oxygen atoms in total. The molecule has 1 aromatic carbocycles. The Hall–Kier alpha value is -0.220. The van der Waals surface area contributed by atoms with Gasteiger partial charge in [-0.25, -0.2) is 0 Å². The minimum Gasteiger partial charge on any atom is -0.377 e. The topological polar surface area (TPSA) is 35.2 Å². The Labute approximate surface area is 107 Å². The van der Waals surface area contributed by atoms with Gasteiger partial charge in [0.05, 0.1) is 17.7 Å². The first-order valence-electron chi connectivity index (χ1n) is 5.34. The minimum absolute atomic E-state index is 0.0451. The lowest BCUT2D eigenvalue weighted by molar-refractivity contribution is 0.0720. The van der Waals surface area contributed by atoms with Crippen molar-refractivity contribution in [3.05, 3.63) is 29.3 Å². The summed E-state index contributed by atoms with van der Waals surface area (Å²) in [6.45, 7) is 4.61. The first-order valence-corrected chi connectivity index (χ1v) is 6.70. The van der Waals surface area contributed by atoms with E-state index in [0.717, 1.165) is 15.7 Å². The van der Waals surface area contributed by atoms with Gasteiger partial charge in [-0.1, -0.05) is 23.7 Å². The zero-order chi connectivity index (χ0) is 12.0. The highest BCUT2D eigenvalue weighted by molar-refractivity contribution is 7.99. The van der Waals surface area contributed by atoms with E-state index in [1.807, 2.05) is 38.1 Å². The Bertz CT molecular complexity index is 320. The van der Waals surface area contributed by atoms with Crippen LogP contribution in [0.25, 0.3) is 0 Å². The lowest BCUT2D eigenvalue weighted by Crippen LogP contribution is -2.30. The van der Waals surface area contributed by atoms with Gasteiger partial charge in [0.1, 0.15) is 0 Å². The summed E-state index contributed by atoms with van der Waals surface area (Å²) in [7, 11) is 0. The third kappa shape index (κ3) is 5.21. The number of hydrogen-bond donors (Lipinski definition) is 1. The monoisotopic (exact) mass is 259 g/mol. The van der Waals surface area contributed by atoms with Crippen LogP contribution in [0.2, 0.25) is 5.02 Å². The Balaban J connectivity index is 2.31. The number of ether oxygens (including phenoxy) is 1. The van der Waals surface area contributed by atoms with E-state index >= 15 is 0 Å². The summed E-state index contributed by atoms with van der Waals surface area (Å²) in [5, 5.41) is 0.782. The maximum Gasteiger partial charge on any atom is 0.0629 e. The second kappa shape index (κ2) is 7.17. The Morgan fingerprint density at radius 1 is 1.38 bits per heavy atom. The highest BCUT2D eigenvalue weighted by Gasteiger charge is 2.06. The number of hydrogen-bond acceptors (Lipinski definition) is 3. The van der Waals surface area contributed by atoms with Crippen molar-refractivity contribution in [1.29, 1.82) is 0 Å². The summed E-state index contributed by atoms with van der Waals surface area (Å²) in [4.78, 5) is 1.07. The van der Waals surface area contributed by atoms with Gasteiger partial charge in [-0.3, -0.25) is 0 Å². The summed E-state index contributed by atoms with van der Waals surface area (Å²) >= 11 is 7.71. The van der Waals surface area contributed by atoms with Gasteiger partial charge in [-0.15, -0.1) is 11.8 Å². The van der Waals surface area contributed by atoms with Crippen LogP contribution in [-0.2, 0) is 4.74 Å². The van der Waals surface area contributed by atoms with Crippen molar-refractivity contribution >= 4 is 23.4 Å². The van der Waals surface area contributed by atoms with Crippen molar-refractivity contribution in [3.8, 4) is 0 Å². The molecule has 0 spiro atoms. The molecule has 1 unspecified atom stereocenters. The van der Waals surface area contributed by atoms with Crippen molar-refractivity contribution in [2.24, 2.45) is 5.73 Å². The zero-order valence-corrected chi connectivity index (χ0v) is 11.2.